The molecule has 2 heteroatoms. The van der Waals surface area contributed by atoms with Gasteiger partial charge in [-0.1, -0.05) is 13.3 Å². The first-order chi connectivity index (χ1) is 6.31. The molecule has 1 atom stereocenters. The number of rotatable bonds is 3. The minimum absolute atomic E-state index is 0.319. The Labute approximate surface area is 84.0 Å². The second-order valence-corrected chi connectivity index (χ2v) is 5.07. The van der Waals surface area contributed by atoms with Gasteiger partial charge in [-0.25, -0.2) is 0 Å². The highest BCUT2D eigenvalue weighted by Crippen LogP contribution is 2.38. The molecule has 0 aliphatic heterocycles. The molecular weight excluding hydrogens is 178 g/mol. The number of thiophene rings is 1. The zero-order valence-electron chi connectivity index (χ0n) is 8.12. The average Bonchev–Trinajstić information content (AvgIpc) is 2.48. The summed E-state index contributed by atoms with van der Waals surface area (Å²) in [6, 6.07) is 4.75. The minimum Gasteiger partial charge on any atom is -0.323 e. The highest BCUT2D eigenvalue weighted by Gasteiger charge is 2.26. The van der Waals surface area contributed by atoms with Gasteiger partial charge in [0.05, 0.1) is 0 Å². The van der Waals surface area contributed by atoms with Crippen molar-refractivity contribution in [3.63, 3.8) is 0 Å². The molecule has 0 unspecified atom stereocenters. The first kappa shape index (κ1) is 9.22. The monoisotopic (exact) mass is 195 g/mol. The Bertz CT molecular complexity index is 275. The Morgan fingerprint density at radius 2 is 2.31 bits per heavy atom. The van der Waals surface area contributed by atoms with E-state index in [2.05, 4.69) is 19.1 Å². The Morgan fingerprint density at radius 3 is 2.77 bits per heavy atom. The maximum absolute atomic E-state index is 6.18. The van der Waals surface area contributed by atoms with Crippen LogP contribution in [-0.2, 0) is 6.42 Å². The van der Waals surface area contributed by atoms with E-state index in [0.717, 1.165) is 12.3 Å². The zero-order valence-corrected chi connectivity index (χ0v) is 8.94. The Kier molecular flexibility index (Phi) is 2.70. The third-order valence-corrected chi connectivity index (χ3v) is 4.35. The topological polar surface area (TPSA) is 26.0 Å². The van der Waals surface area contributed by atoms with Gasteiger partial charge in [0.1, 0.15) is 0 Å². The fourth-order valence-electron chi connectivity index (χ4n) is 1.79. The van der Waals surface area contributed by atoms with Gasteiger partial charge in [0, 0.05) is 15.8 Å². The Balaban J connectivity index is 2.05. The summed E-state index contributed by atoms with van der Waals surface area (Å²) in [5.41, 5.74) is 6.18. The van der Waals surface area contributed by atoms with Crippen molar-refractivity contribution in [1.82, 2.24) is 0 Å². The van der Waals surface area contributed by atoms with E-state index in [9.17, 15) is 0 Å². The molecule has 0 saturated heterocycles. The summed E-state index contributed by atoms with van der Waals surface area (Å²) in [4.78, 5) is 2.85. The molecule has 0 bridgehead atoms. The molecule has 72 valence electrons. The lowest BCUT2D eigenvalue weighted by molar-refractivity contribution is 0.267. The van der Waals surface area contributed by atoms with Crippen molar-refractivity contribution in [2.45, 2.75) is 38.6 Å². The van der Waals surface area contributed by atoms with Gasteiger partial charge in [0.25, 0.3) is 0 Å². The van der Waals surface area contributed by atoms with Gasteiger partial charge in [-0.05, 0) is 37.3 Å². The van der Waals surface area contributed by atoms with E-state index in [-0.39, 0.29) is 0 Å². The van der Waals surface area contributed by atoms with E-state index >= 15 is 0 Å². The summed E-state index contributed by atoms with van der Waals surface area (Å²) in [6.45, 7) is 2.20. The van der Waals surface area contributed by atoms with Crippen LogP contribution in [0, 0.1) is 5.92 Å². The molecule has 1 saturated carbocycles. The molecule has 1 heterocycles. The largest absolute Gasteiger partial charge is 0.323 e. The summed E-state index contributed by atoms with van der Waals surface area (Å²) in [7, 11) is 0. The number of hydrogen-bond acceptors (Lipinski definition) is 2. The predicted octanol–water partition coefficient (Wildman–Crippen LogP) is 3.11. The van der Waals surface area contributed by atoms with Gasteiger partial charge in [-0.15, -0.1) is 11.3 Å². The summed E-state index contributed by atoms with van der Waals surface area (Å²) >= 11 is 1.89. The second kappa shape index (κ2) is 3.81. The number of aryl methyl sites for hydroxylation is 1. The van der Waals surface area contributed by atoms with Crippen LogP contribution in [0.3, 0.4) is 0 Å². The van der Waals surface area contributed by atoms with E-state index < -0.39 is 0 Å². The number of nitrogens with two attached hydrogens (primary N) is 1. The molecule has 1 nitrogen and oxygen atoms in total. The first-order valence-electron chi connectivity index (χ1n) is 5.15. The number of hydrogen-bond donors (Lipinski definition) is 1. The van der Waals surface area contributed by atoms with Crippen LogP contribution in [0.15, 0.2) is 12.1 Å². The lowest BCUT2D eigenvalue weighted by Crippen LogP contribution is -2.25. The average molecular weight is 195 g/mol. The van der Waals surface area contributed by atoms with Crippen LogP contribution in [0.4, 0.5) is 0 Å². The molecule has 1 fully saturated rings. The van der Waals surface area contributed by atoms with Crippen molar-refractivity contribution in [3.8, 4) is 0 Å². The smallest absolute Gasteiger partial charge is 0.0418 e. The molecule has 0 amide bonds. The van der Waals surface area contributed by atoms with Crippen LogP contribution in [0.1, 0.15) is 42.0 Å². The summed E-state index contributed by atoms with van der Waals surface area (Å²) < 4.78 is 0. The van der Waals surface area contributed by atoms with Crippen LogP contribution < -0.4 is 5.73 Å². The van der Waals surface area contributed by atoms with Crippen molar-refractivity contribution in [3.05, 3.63) is 21.9 Å². The van der Waals surface area contributed by atoms with Crippen molar-refractivity contribution in [2.75, 3.05) is 0 Å². The lowest BCUT2D eigenvalue weighted by atomic mass is 9.79. The maximum Gasteiger partial charge on any atom is 0.0418 e. The van der Waals surface area contributed by atoms with Gasteiger partial charge >= 0.3 is 0 Å². The molecule has 0 aromatic carbocycles. The van der Waals surface area contributed by atoms with Gasteiger partial charge in [-0.3, -0.25) is 0 Å². The highest BCUT2D eigenvalue weighted by atomic mass is 32.1. The van der Waals surface area contributed by atoms with E-state index in [0.29, 0.717) is 6.04 Å². The minimum atomic E-state index is 0.319. The van der Waals surface area contributed by atoms with Crippen molar-refractivity contribution in [1.29, 1.82) is 0 Å². The molecule has 13 heavy (non-hydrogen) atoms. The third-order valence-electron chi connectivity index (χ3n) is 3.02. The molecule has 1 aliphatic rings. The predicted molar refractivity (Wildman–Crippen MR) is 58.0 cm³/mol. The molecule has 1 aliphatic carbocycles. The van der Waals surface area contributed by atoms with Crippen molar-refractivity contribution in [2.24, 2.45) is 11.7 Å². The fraction of sp³-hybridized carbons (Fsp3) is 0.636. The molecule has 0 spiro atoms. The molecule has 1 aromatic rings. The van der Waals surface area contributed by atoms with E-state index in [4.69, 9.17) is 5.73 Å². The van der Waals surface area contributed by atoms with Gasteiger partial charge in [-0.2, -0.15) is 0 Å². The summed E-state index contributed by atoms with van der Waals surface area (Å²) in [6.07, 6.45) is 5.19. The van der Waals surface area contributed by atoms with Crippen LogP contribution in [0.5, 0.6) is 0 Å². The highest BCUT2D eigenvalue weighted by molar-refractivity contribution is 7.12. The molecular formula is C11H17NS. The Morgan fingerprint density at radius 1 is 1.54 bits per heavy atom. The van der Waals surface area contributed by atoms with E-state index in [1.807, 2.05) is 11.3 Å². The SMILES string of the molecule is CCc1ccc([C@H](N)C2CCC2)s1. The van der Waals surface area contributed by atoms with Crippen LogP contribution in [0.25, 0.3) is 0 Å². The first-order valence-corrected chi connectivity index (χ1v) is 5.97. The quantitative estimate of drug-likeness (QED) is 0.788. The third kappa shape index (κ3) is 1.79. The summed E-state index contributed by atoms with van der Waals surface area (Å²) in [5.74, 6) is 0.767. The second-order valence-electron chi connectivity index (χ2n) is 3.87. The maximum atomic E-state index is 6.18. The van der Waals surface area contributed by atoms with Gasteiger partial charge < -0.3 is 5.73 Å². The molecule has 1 aromatic heterocycles. The lowest BCUT2D eigenvalue weighted by Gasteiger charge is -2.30. The molecule has 0 radical (unpaired) electrons. The zero-order chi connectivity index (χ0) is 9.26. The molecule has 2 N–H and O–H groups in total. The fourth-order valence-corrected chi connectivity index (χ4v) is 2.84. The molecule has 2 rings (SSSR count). The van der Waals surface area contributed by atoms with Crippen molar-refractivity contribution >= 4 is 11.3 Å². The standard InChI is InChI=1S/C11H17NS/c1-2-9-6-7-10(13-9)11(12)8-4-3-5-8/h6-8,11H,2-5,12H2,1H3/t11-/m1/s1. The van der Waals surface area contributed by atoms with Gasteiger partial charge in [0.2, 0.25) is 0 Å². The van der Waals surface area contributed by atoms with Crippen LogP contribution >= 0.6 is 11.3 Å². The summed E-state index contributed by atoms with van der Waals surface area (Å²) in [5, 5.41) is 0. The van der Waals surface area contributed by atoms with Crippen LogP contribution in [-0.4, -0.2) is 0 Å². The van der Waals surface area contributed by atoms with E-state index in [1.54, 1.807) is 0 Å². The Hall–Kier alpha value is -0.340. The normalized spacial score (nSPS) is 19.8. The van der Waals surface area contributed by atoms with Crippen molar-refractivity contribution < 1.29 is 0 Å². The van der Waals surface area contributed by atoms with Gasteiger partial charge in [0.15, 0.2) is 0 Å². The van der Waals surface area contributed by atoms with Crippen LogP contribution in [0.2, 0.25) is 0 Å². The van der Waals surface area contributed by atoms with E-state index in [1.165, 1.54) is 29.0 Å².